The van der Waals surface area contributed by atoms with Gasteiger partial charge in [0.1, 0.15) is 0 Å². The zero-order valence-electron chi connectivity index (χ0n) is 8.26. The van der Waals surface area contributed by atoms with Gasteiger partial charge in [-0.2, -0.15) is 5.26 Å². The second kappa shape index (κ2) is 3.67. The highest BCUT2D eigenvalue weighted by atomic mass is 15.1. The maximum atomic E-state index is 8.70. The topological polar surface area (TPSA) is 27.0 Å². The van der Waals surface area contributed by atoms with Gasteiger partial charge in [0.05, 0.1) is 6.07 Å². The van der Waals surface area contributed by atoms with E-state index in [1.165, 1.54) is 51.7 Å². The summed E-state index contributed by atoms with van der Waals surface area (Å²) in [6.07, 6.45) is 7.49. The zero-order valence-corrected chi connectivity index (χ0v) is 8.26. The zero-order chi connectivity index (χ0) is 9.15. The maximum Gasteiger partial charge on any atom is 0.0628 e. The van der Waals surface area contributed by atoms with Crippen molar-refractivity contribution in [1.82, 2.24) is 4.90 Å². The van der Waals surface area contributed by atoms with Gasteiger partial charge < -0.3 is 4.90 Å². The lowest BCUT2D eigenvalue weighted by atomic mass is 10.0. The van der Waals surface area contributed by atoms with Gasteiger partial charge in [-0.25, -0.2) is 0 Å². The monoisotopic (exact) mass is 178 g/mol. The molecule has 1 aliphatic heterocycles. The summed E-state index contributed by atoms with van der Waals surface area (Å²) < 4.78 is 0. The van der Waals surface area contributed by atoms with Crippen LogP contribution in [0.2, 0.25) is 0 Å². The number of nitrogens with zero attached hydrogens (tertiary/aromatic N) is 2. The molecular weight excluding hydrogens is 160 g/mol. The Morgan fingerprint density at radius 1 is 1.15 bits per heavy atom. The second-order valence-electron chi connectivity index (χ2n) is 4.67. The smallest absolute Gasteiger partial charge is 0.0628 e. The van der Waals surface area contributed by atoms with Crippen molar-refractivity contribution < 1.29 is 0 Å². The minimum atomic E-state index is 0.423. The van der Waals surface area contributed by atoms with Crippen LogP contribution in [0.5, 0.6) is 0 Å². The van der Waals surface area contributed by atoms with Gasteiger partial charge in [0.15, 0.2) is 0 Å². The van der Waals surface area contributed by atoms with E-state index in [9.17, 15) is 0 Å². The molecule has 2 nitrogen and oxygen atoms in total. The third-order valence-corrected chi connectivity index (χ3v) is 3.42. The Morgan fingerprint density at radius 2 is 1.85 bits per heavy atom. The lowest BCUT2D eigenvalue weighted by molar-refractivity contribution is 0.187. The first-order valence-corrected chi connectivity index (χ1v) is 5.44. The fraction of sp³-hybridized carbons (Fsp3) is 0.909. The van der Waals surface area contributed by atoms with Crippen LogP contribution in [0.15, 0.2) is 0 Å². The molecule has 0 spiro atoms. The molecule has 1 saturated carbocycles. The molecule has 72 valence electrons. The van der Waals surface area contributed by atoms with Crippen molar-refractivity contribution in [3.8, 4) is 6.07 Å². The number of hydrogen-bond donors (Lipinski definition) is 0. The van der Waals surface area contributed by atoms with Crippen LogP contribution in [0, 0.1) is 16.7 Å². The van der Waals surface area contributed by atoms with E-state index >= 15 is 0 Å². The molecule has 1 aliphatic carbocycles. The van der Waals surface area contributed by atoms with Gasteiger partial charge in [0.2, 0.25) is 0 Å². The van der Waals surface area contributed by atoms with Crippen molar-refractivity contribution >= 4 is 0 Å². The average Bonchev–Trinajstić information content (AvgIpc) is 2.87. The third-order valence-electron chi connectivity index (χ3n) is 3.42. The molecule has 0 aromatic heterocycles. The normalized spacial score (nSPS) is 26.7. The van der Waals surface area contributed by atoms with Gasteiger partial charge in [-0.3, -0.25) is 0 Å². The molecule has 0 aromatic rings. The molecule has 0 bridgehead atoms. The predicted molar refractivity (Wildman–Crippen MR) is 52.2 cm³/mol. The molecule has 0 unspecified atom stereocenters. The van der Waals surface area contributed by atoms with E-state index in [-0.39, 0.29) is 0 Å². The molecule has 1 saturated heterocycles. The first kappa shape index (κ1) is 9.02. The maximum absolute atomic E-state index is 8.70. The molecule has 0 amide bonds. The highest BCUT2D eigenvalue weighted by Gasteiger charge is 2.43. The van der Waals surface area contributed by atoms with Crippen molar-refractivity contribution in [2.45, 2.75) is 38.5 Å². The quantitative estimate of drug-likeness (QED) is 0.662. The highest BCUT2D eigenvalue weighted by Crippen LogP contribution is 2.49. The van der Waals surface area contributed by atoms with E-state index in [0.29, 0.717) is 5.41 Å². The highest BCUT2D eigenvalue weighted by molar-refractivity contribution is 5.01. The first-order chi connectivity index (χ1) is 6.35. The second-order valence-corrected chi connectivity index (χ2v) is 4.67. The van der Waals surface area contributed by atoms with E-state index in [2.05, 4.69) is 11.0 Å². The van der Waals surface area contributed by atoms with Gasteiger partial charge in [0, 0.05) is 13.0 Å². The van der Waals surface area contributed by atoms with Crippen molar-refractivity contribution in [3.63, 3.8) is 0 Å². The van der Waals surface area contributed by atoms with E-state index in [1.54, 1.807) is 0 Å². The SMILES string of the molecule is N#CCC1(CN2CCCCC2)CC1. The van der Waals surface area contributed by atoms with Gasteiger partial charge in [-0.15, -0.1) is 0 Å². The summed E-state index contributed by atoms with van der Waals surface area (Å²) in [5.41, 5.74) is 0.423. The number of rotatable bonds is 3. The Kier molecular flexibility index (Phi) is 2.55. The van der Waals surface area contributed by atoms with Crippen LogP contribution in [0.3, 0.4) is 0 Å². The van der Waals surface area contributed by atoms with Gasteiger partial charge >= 0.3 is 0 Å². The predicted octanol–water partition coefficient (Wildman–Crippen LogP) is 2.17. The van der Waals surface area contributed by atoms with Gasteiger partial charge in [0.25, 0.3) is 0 Å². The van der Waals surface area contributed by atoms with E-state index < -0.39 is 0 Å². The summed E-state index contributed by atoms with van der Waals surface area (Å²) in [6, 6.07) is 2.33. The van der Waals surface area contributed by atoms with Gasteiger partial charge in [-0.1, -0.05) is 6.42 Å². The fourth-order valence-corrected chi connectivity index (χ4v) is 2.33. The number of likely N-dealkylation sites (tertiary alicyclic amines) is 1. The third kappa shape index (κ3) is 2.22. The number of nitriles is 1. The molecule has 2 aliphatic rings. The van der Waals surface area contributed by atoms with E-state index in [4.69, 9.17) is 5.26 Å². The van der Waals surface area contributed by atoms with Crippen molar-refractivity contribution in [2.24, 2.45) is 5.41 Å². The van der Waals surface area contributed by atoms with Crippen molar-refractivity contribution in [1.29, 1.82) is 5.26 Å². The molecule has 0 radical (unpaired) electrons. The van der Waals surface area contributed by atoms with E-state index in [1.807, 2.05) is 0 Å². The Hall–Kier alpha value is -0.550. The van der Waals surface area contributed by atoms with Crippen molar-refractivity contribution in [3.05, 3.63) is 0 Å². The molecule has 1 heterocycles. The Bertz CT molecular complexity index is 207. The molecule has 0 aromatic carbocycles. The van der Waals surface area contributed by atoms with Crippen molar-refractivity contribution in [2.75, 3.05) is 19.6 Å². The lowest BCUT2D eigenvalue weighted by Crippen LogP contribution is -2.34. The number of piperidine rings is 1. The summed E-state index contributed by atoms with van der Waals surface area (Å²) in [4.78, 5) is 2.56. The lowest BCUT2D eigenvalue weighted by Gasteiger charge is -2.29. The first-order valence-electron chi connectivity index (χ1n) is 5.44. The molecule has 2 rings (SSSR count). The van der Waals surface area contributed by atoms with Crippen LogP contribution in [0.4, 0.5) is 0 Å². The Labute approximate surface area is 80.5 Å². The Morgan fingerprint density at radius 3 is 2.38 bits per heavy atom. The van der Waals surface area contributed by atoms with Crippen LogP contribution < -0.4 is 0 Å². The molecule has 0 atom stereocenters. The number of hydrogen-bond acceptors (Lipinski definition) is 2. The summed E-state index contributed by atoms with van der Waals surface area (Å²) in [7, 11) is 0. The summed E-state index contributed by atoms with van der Waals surface area (Å²) >= 11 is 0. The molecular formula is C11H18N2. The van der Waals surface area contributed by atoms with Gasteiger partial charge in [-0.05, 0) is 44.2 Å². The standard InChI is InChI=1S/C11H18N2/c12-7-6-11(4-5-11)10-13-8-2-1-3-9-13/h1-6,8-10H2. The Balaban J connectivity index is 1.80. The summed E-state index contributed by atoms with van der Waals surface area (Å²) in [6.45, 7) is 3.74. The summed E-state index contributed by atoms with van der Waals surface area (Å²) in [5, 5.41) is 8.70. The van der Waals surface area contributed by atoms with Crippen LogP contribution in [-0.2, 0) is 0 Å². The van der Waals surface area contributed by atoms with Crippen LogP contribution in [-0.4, -0.2) is 24.5 Å². The molecule has 0 N–H and O–H groups in total. The molecule has 2 heteroatoms. The van der Waals surface area contributed by atoms with Crippen LogP contribution in [0.1, 0.15) is 38.5 Å². The largest absolute Gasteiger partial charge is 0.303 e. The average molecular weight is 178 g/mol. The van der Waals surface area contributed by atoms with E-state index in [0.717, 1.165) is 6.42 Å². The van der Waals surface area contributed by atoms with Crippen LogP contribution >= 0.6 is 0 Å². The fourth-order valence-electron chi connectivity index (χ4n) is 2.33. The minimum absolute atomic E-state index is 0.423. The summed E-state index contributed by atoms with van der Waals surface area (Å²) in [5.74, 6) is 0. The molecule has 2 fully saturated rings. The van der Waals surface area contributed by atoms with Crippen LogP contribution in [0.25, 0.3) is 0 Å². The minimum Gasteiger partial charge on any atom is -0.303 e. The molecule has 13 heavy (non-hydrogen) atoms.